The van der Waals surface area contributed by atoms with Crippen molar-refractivity contribution in [3.63, 3.8) is 0 Å². The molecule has 0 unspecified atom stereocenters. The summed E-state index contributed by atoms with van der Waals surface area (Å²) in [6.07, 6.45) is -0.405. The van der Waals surface area contributed by atoms with Gasteiger partial charge >= 0.3 is 6.18 Å². The average molecular weight is 242 g/mol. The highest BCUT2D eigenvalue weighted by Gasteiger charge is 2.31. The molecule has 0 aliphatic carbocycles. The Labute approximate surface area is 97.8 Å². The topological polar surface area (TPSA) is 16.1 Å². The van der Waals surface area contributed by atoms with Crippen LogP contribution in [0.15, 0.2) is 24.4 Å². The van der Waals surface area contributed by atoms with Gasteiger partial charge in [0.05, 0.1) is 11.3 Å². The van der Waals surface area contributed by atoms with E-state index in [1.807, 2.05) is 13.1 Å². The molecular weight excluding hydrogens is 229 g/mol. The lowest BCUT2D eigenvalue weighted by Crippen LogP contribution is -2.24. The van der Waals surface area contributed by atoms with Crippen LogP contribution in [0, 0.1) is 0 Å². The SMILES string of the molecule is CN1CC=C(c2cc(C(F)(F)F)ccn2)CC1. The van der Waals surface area contributed by atoms with Gasteiger partial charge in [-0.05, 0) is 31.2 Å². The van der Waals surface area contributed by atoms with Gasteiger partial charge in [-0.15, -0.1) is 0 Å². The Morgan fingerprint density at radius 2 is 2.12 bits per heavy atom. The molecule has 1 aliphatic rings. The summed E-state index contributed by atoms with van der Waals surface area (Å²) < 4.78 is 37.6. The lowest BCUT2D eigenvalue weighted by molar-refractivity contribution is -0.137. The predicted molar refractivity (Wildman–Crippen MR) is 59.3 cm³/mol. The molecule has 92 valence electrons. The van der Waals surface area contributed by atoms with Crippen molar-refractivity contribution in [2.75, 3.05) is 20.1 Å². The number of nitrogens with zero attached hydrogens (tertiary/aromatic N) is 2. The quantitative estimate of drug-likeness (QED) is 0.752. The zero-order valence-electron chi connectivity index (χ0n) is 9.46. The normalized spacial score (nSPS) is 18.0. The monoisotopic (exact) mass is 242 g/mol. The lowest BCUT2D eigenvalue weighted by atomic mass is 10.0. The summed E-state index contributed by atoms with van der Waals surface area (Å²) in [4.78, 5) is 6.12. The van der Waals surface area contributed by atoms with Crippen LogP contribution in [0.5, 0.6) is 0 Å². The minimum atomic E-state index is -4.30. The summed E-state index contributed by atoms with van der Waals surface area (Å²) >= 11 is 0. The molecule has 5 heteroatoms. The molecule has 1 aliphatic heterocycles. The van der Waals surface area contributed by atoms with E-state index in [0.29, 0.717) is 5.69 Å². The predicted octanol–water partition coefficient (Wildman–Crippen LogP) is 2.82. The first kappa shape index (κ1) is 12.1. The third-order valence-corrected chi connectivity index (χ3v) is 2.83. The number of hydrogen-bond donors (Lipinski definition) is 0. The zero-order valence-corrected chi connectivity index (χ0v) is 9.46. The largest absolute Gasteiger partial charge is 0.416 e. The van der Waals surface area contributed by atoms with Gasteiger partial charge in [-0.3, -0.25) is 4.98 Å². The van der Waals surface area contributed by atoms with E-state index < -0.39 is 11.7 Å². The maximum Gasteiger partial charge on any atom is 0.416 e. The summed E-state index contributed by atoms with van der Waals surface area (Å²) in [5, 5.41) is 0. The van der Waals surface area contributed by atoms with Crippen LogP contribution in [0.25, 0.3) is 5.57 Å². The molecule has 0 saturated carbocycles. The fourth-order valence-electron chi connectivity index (χ4n) is 1.79. The molecule has 0 N–H and O–H groups in total. The van der Waals surface area contributed by atoms with E-state index in [9.17, 15) is 13.2 Å². The summed E-state index contributed by atoms with van der Waals surface area (Å²) in [6, 6.07) is 2.12. The molecule has 2 heterocycles. The van der Waals surface area contributed by atoms with Gasteiger partial charge in [-0.1, -0.05) is 6.08 Å². The highest BCUT2D eigenvalue weighted by molar-refractivity contribution is 5.64. The first-order valence-electron chi connectivity index (χ1n) is 5.38. The summed E-state index contributed by atoms with van der Waals surface area (Å²) in [5.41, 5.74) is 0.699. The smallest absolute Gasteiger partial charge is 0.302 e. The second-order valence-corrected chi connectivity index (χ2v) is 4.17. The average Bonchev–Trinajstić information content (AvgIpc) is 2.29. The Balaban J connectivity index is 2.28. The van der Waals surface area contributed by atoms with Gasteiger partial charge in [0.15, 0.2) is 0 Å². The maximum absolute atomic E-state index is 12.5. The van der Waals surface area contributed by atoms with Crippen LogP contribution < -0.4 is 0 Å². The fraction of sp³-hybridized carbons (Fsp3) is 0.417. The van der Waals surface area contributed by atoms with Crippen molar-refractivity contribution in [1.29, 1.82) is 0 Å². The molecule has 1 aromatic rings. The van der Waals surface area contributed by atoms with Crippen molar-refractivity contribution in [2.45, 2.75) is 12.6 Å². The number of pyridine rings is 1. The van der Waals surface area contributed by atoms with Crippen molar-refractivity contribution < 1.29 is 13.2 Å². The van der Waals surface area contributed by atoms with Crippen molar-refractivity contribution in [3.05, 3.63) is 35.7 Å². The van der Waals surface area contributed by atoms with Crippen LogP contribution in [-0.4, -0.2) is 30.0 Å². The van der Waals surface area contributed by atoms with Crippen molar-refractivity contribution in [2.24, 2.45) is 0 Å². The number of likely N-dealkylation sites (N-methyl/N-ethyl adjacent to an activating group) is 1. The van der Waals surface area contributed by atoms with Gasteiger partial charge in [-0.25, -0.2) is 0 Å². The van der Waals surface area contributed by atoms with E-state index in [-0.39, 0.29) is 0 Å². The Kier molecular flexibility index (Phi) is 3.19. The molecular formula is C12H13F3N2. The standard InChI is InChI=1S/C12H13F3N2/c1-17-6-3-9(4-7-17)11-8-10(2-5-16-11)12(13,14)15/h2-3,5,8H,4,6-7H2,1H3. The highest BCUT2D eigenvalue weighted by Crippen LogP contribution is 2.31. The van der Waals surface area contributed by atoms with Gasteiger partial charge < -0.3 is 4.90 Å². The molecule has 0 fully saturated rings. The fourth-order valence-corrected chi connectivity index (χ4v) is 1.79. The van der Waals surface area contributed by atoms with Crippen LogP contribution >= 0.6 is 0 Å². The number of hydrogen-bond acceptors (Lipinski definition) is 2. The molecule has 0 amide bonds. The van der Waals surface area contributed by atoms with Crippen LogP contribution in [0.3, 0.4) is 0 Å². The van der Waals surface area contributed by atoms with Crippen LogP contribution in [0.2, 0.25) is 0 Å². The van der Waals surface area contributed by atoms with E-state index in [1.165, 1.54) is 6.20 Å². The van der Waals surface area contributed by atoms with Crippen molar-refractivity contribution in [3.8, 4) is 0 Å². The van der Waals surface area contributed by atoms with Gasteiger partial charge in [0.25, 0.3) is 0 Å². The van der Waals surface area contributed by atoms with Crippen molar-refractivity contribution >= 4 is 5.57 Å². The van der Waals surface area contributed by atoms with E-state index in [0.717, 1.165) is 37.2 Å². The molecule has 2 rings (SSSR count). The molecule has 17 heavy (non-hydrogen) atoms. The maximum atomic E-state index is 12.5. The minimum absolute atomic E-state index is 0.438. The Bertz CT molecular complexity index is 438. The molecule has 0 spiro atoms. The van der Waals surface area contributed by atoms with Gasteiger partial charge in [0, 0.05) is 19.3 Å². The summed E-state index contributed by atoms with van der Waals surface area (Å²) in [7, 11) is 1.98. The highest BCUT2D eigenvalue weighted by atomic mass is 19.4. The molecule has 0 aromatic carbocycles. The van der Waals surface area contributed by atoms with E-state index in [4.69, 9.17) is 0 Å². The van der Waals surface area contributed by atoms with Crippen LogP contribution in [0.4, 0.5) is 13.2 Å². The second-order valence-electron chi connectivity index (χ2n) is 4.17. The zero-order chi connectivity index (χ0) is 12.5. The molecule has 1 aromatic heterocycles. The minimum Gasteiger partial charge on any atom is -0.302 e. The lowest BCUT2D eigenvalue weighted by Gasteiger charge is -2.21. The summed E-state index contributed by atoms with van der Waals surface area (Å²) in [6.45, 7) is 1.61. The van der Waals surface area contributed by atoms with E-state index >= 15 is 0 Å². The molecule has 0 bridgehead atoms. The van der Waals surface area contributed by atoms with Gasteiger partial charge in [0.1, 0.15) is 0 Å². The Hall–Kier alpha value is -1.36. The molecule has 0 atom stereocenters. The second kappa shape index (κ2) is 4.49. The number of halogens is 3. The number of alkyl halides is 3. The Morgan fingerprint density at radius 1 is 1.35 bits per heavy atom. The van der Waals surface area contributed by atoms with Gasteiger partial charge in [-0.2, -0.15) is 13.2 Å². The third-order valence-electron chi connectivity index (χ3n) is 2.83. The van der Waals surface area contributed by atoms with E-state index in [2.05, 4.69) is 9.88 Å². The first-order valence-corrected chi connectivity index (χ1v) is 5.38. The van der Waals surface area contributed by atoms with Gasteiger partial charge in [0.2, 0.25) is 0 Å². The van der Waals surface area contributed by atoms with Crippen LogP contribution in [-0.2, 0) is 6.18 Å². The van der Waals surface area contributed by atoms with E-state index in [1.54, 1.807) is 0 Å². The molecule has 2 nitrogen and oxygen atoms in total. The summed E-state index contributed by atoms with van der Waals surface area (Å²) in [5.74, 6) is 0. The first-order chi connectivity index (χ1) is 7.97. The van der Waals surface area contributed by atoms with Crippen LogP contribution in [0.1, 0.15) is 17.7 Å². The molecule has 0 saturated heterocycles. The van der Waals surface area contributed by atoms with Crippen molar-refractivity contribution in [1.82, 2.24) is 9.88 Å². The number of rotatable bonds is 1. The molecule has 0 radical (unpaired) electrons. The number of aromatic nitrogens is 1. The Morgan fingerprint density at radius 3 is 2.71 bits per heavy atom. The third kappa shape index (κ3) is 2.85.